The Kier molecular flexibility index (Phi) is 7.76. The molecule has 0 aliphatic carbocycles. The topological polar surface area (TPSA) is 52.6 Å². The van der Waals surface area contributed by atoms with E-state index in [1.807, 2.05) is 66.7 Å². The molecule has 4 nitrogen and oxygen atoms in total. The summed E-state index contributed by atoms with van der Waals surface area (Å²) in [7, 11) is 0. The van der Waals surface area contributed by atoms with Crippen molar-refractivity contribution in [1.82, 2.24) is 0 Å². The molecule has 0 spiro atoms. The summed E-state index contributed by atoms with van der Waals surface area (Å²) < 4.78 is 10.6. The van der Waals surface area contributed by atoms with Gasteiger partial charge >= 0.3 is 11.9 Å². The van der Waals surface area contributed by atoms with Crippen molar-refractivity contribution in [3.8, 4) is 0 Å². The Balaban J connectivity index is 2.49. The zero-order valence-electron chi connectivity index (χ0n) is 16.4. The van der Waals surface area contributed by atoms with Gasteiger partial charge in [-0.05, 0) is 30.5 Å². The van der Waals surface area contributed by atoms with Crippen LogP contribution in [-0.2, 0) is 25.5 Å². The van der Waals surface area contributed by atoms with E-state index in [0.717, 1.165) is 11.1 Å². The van der Waals surface area contributed by atoms with Crippen LogP contribution in [0.4, 0.5) is 0 Å². The fourth-order valence-electron chi connectivity index (χ4n) is 2.92. The van der Waals surface area contributed by atoms with Crippen LogP contribution in [-0.4, -0.2) is 25.2 Å². The van der Waals surface area contributed by atoms with Crippen molar-refractivity contribution in [3.05, 3.63) is 90.0 Å². The number of benzene rings is 2. The normalized spacial score (nSPS) is 11.2. The number of hydrogen-bond donors (Lipinski definition) is 0. The molecule has 146 valence electrons. The van der Waals surface area contributed by atoms with Crippen LogP contribution in [0.15, 0.2) is 78.9 Å². The molecule has 0 N–H and O–H groups in total. The van der Waals surface area contributed by atoms with E-state index in [1.165, 1.54) is 0 Å². The number of allylic oxidation sites excluding steroid dienone is 1. The average molecular weight is 378 g/mol. The third-order valence-electron chi connectivity index (χ3n) is 4.38. The summed E-state index contributed by atoms with van der Waals surface area (Å²) in [5.74, 6) is -1.31. The molecule has 0 bridgehead atoms. The van der Waals surface area contributed by atoms with Gasteiger partial charge in [0.2, 0.25) is 0 Å². The molecule has 2 rings (SSSR count). The van der Waals surface area contributed by atoms with Gasteiger partial charge in [0.25, 0.3) is 0 Å². The van der Waals surface area contributed by atoms with Crippen LogP contribution in [0.2, 0.25) is 0 Å². The molecule has 2 aromatic carbocycles. The average Bonchev–Trinajstić information content (AvgIpc) is 2.72. The molecule has 0 aromatic heterocycles. The van der Waals surface area contributed by atoms with Gasteiger partial charge in [-0.15, -0.1) is 0 Å². The lowest BCUT2D eigenvalue weighted by Gasteiger charge is -2.30. The summed E-state index contributed by atoms with van der Waals surface area (Å²) in [6.07, 6.45) is 3.62. The molecule has 0 unspecified atom stereocenters. The zero-order valence-corrected chi connectivity index (χ0v) is 16.4. The van der Waals surface area contributed by atoms with Crippen molar-refractivity contribution >= 4 is 18.0 Å². The number of carbonyl (C=O) groups is 2. The first-order chi connectivity index (χ1) is 13.5. The van der Waals surface area contributed by atoms with E-state index in [1.54, 1.807) is 19.9 Å². The van der Waals surface area contributed by atoms with Crippen LogP contribution < -0.4 is 0 Å². The molecule has 0 aliphatic heterocycles. The SMILES string of the molecule is C=C(/C=C/c1ccccc1)C(Cc1ccccc1)(C(=O)OCC)C(=O)OCC. The predicted octanol–water partition coefficient (Wildman–Crippen LogP) is 4.61. The number of esters is 2. The molecule has 0 heterocycles. The molecule has 0 aliphatic rings. The van der Waals surface area contributed by atoms with E-state index in [9.17, 15) is 9.59 Å². The maximum Gasteiger partial charge on any atom is 0.328 e. The van der Waals surface area contributed by atoms with Crippen molar-refractivity contribution in [2.45, 2.75) is 20.3 Å². The summed E-state index contributed by atoms with van der Waals surface area (Å²) in [5, 5.41) is 0. The first-order valence-electron chi connectivity index (χ1n) is 9.35. The van der Waals surface area contributed by atoms with Gasteiger partial charge in [0.15, 0.2) is 5.41 Å². The van der Waals surface area contributed by atoms with Gasteiger partial charge in [0, 0.05) is 6.42 Å². The largest absolute Gasteiger partial charge is 0.465 e. The third-order valence-corrected chi connectivity index (χ3v) is 4.38. The van der Waals surface area contributed by atoms with Crippen LogP contribution >= 0.6 is 0 Å². The van der Waals surface area contributed by atoms with Crippen LogP contribution in [0.3, 0.4) is 0 Å². The summed E-state index contributed by atoms with van der Waals surface area (Å²) in [4.78, 5) is 26.0. The van der Waals surface area contributed by atoms with Crippen LogP contribution in [0, 0.1) is 5.41 Å². The van der Waals surface area contributed by atoms with Crippen LogP contribution in [0.25, 0.3) is 6.08 Å². The van der Waals surface area contributed by atoms with Gasteiger partial charge in [0.05, 0.1) is 13.2 Å². The highest BCUT2D eigenvalue weighted by Gasteiger charge is 2.50. The first-order valence-corrected chi connectivity index (χ1v) is 9.35. The Labute approximate surface area is 166 Å². The second-order valence-electron chi connectivity index (χ2n) is 6.28. The van der Waals surface area contributed by atoms with E-state index < -0.39 is 17.4 Å². The molecule has 4 heteroatoms. The Morgan fingerprint density at radius 3 is 1.89 bits per heavy atom. The Bertz CT molecular complexity index is 804. The minimum absolute atomic E-state index is 0.115. The van der Waals surface area contributed by atoms with Crippen molar-refractivity contribution in [2.75, 3.05) is 13.2 Å². The van der Waals surface area contributed by atoms with Gasteiger partial charge in [0.1, 0.15) is 0 Å². The maximum absolute atomic E-state index is 13.0. The molecular weight excluding hydrogens is 352 g/mol. The van der Waals surface area contributed by atoms with E-state index in [-0.39, 0.29) is 19.6 Å². The quantitative estimate of drug-likeness (QED) is 0.363. The molecule has 2 aromatic rings. The molecule has 28 heavy (non-hydrogen) atoms. The van der Waals surface area contributed by atoms with Gasteiger partial charge in [-0.2, -0.15) is 0 Å². The van der Waals surface area contributed by atoms with E-state index in [2.05, 4.69) is 6.58 Å². The summed E-state index contributed by atoms with van der Waals surface area (Å²) in [6, 6.07) is 18.9. The highest BCUT2D eigenvalue weighted by molar-refractivity contribution is 6.04. The Hall–Kier alpha value is -3.14. The van der Waals surface area contributed by atoms with E-state index >= 15 is 0 Å². The van der Waals surface area contributed by atoms with Gasteiger partial charge < -0.3 is 9.47 Å². The minimum Gasteiger partial charge on any atom is -0.465 e. The minimum atomic E-state index is -1.64. The Morgan fingerprint density at radius 2 is 1.39 bits per heavy atom. The second-order valence-corrected chi connectivity index (χ2v) is 6.28. The molecule has 0 saturated carbocycles. The molecular formula is C24H26O4. The first kappa shape index (κ1) is 21.2. The van der Waals surface area contributed by atoms with Gasteiger partial charge in [-0.1, -0.05) is 79.4 Å². The number of carbonyl (C=O) groups excluding carboxylic acids is 2. The van der Waals surface area contributed by atoms with Crippen molar-refractivity contribution in [2.24, 2.45) is 5.41 Å². The van der Waals surface area contributed by atoms with Crippen LogP contribution in [0.1, 0.15) is 25.0 Å². The third kappa shape index (κ3) is 4.97. The highest BCUT2D eigenvalue weighted by Crippen LogP contribution is 2.36. The number of ether oxygens (including phenoxy) is 2. The fourth-order valence-corrected chi connectivity index (χ4v) is 2.92. The summed E-state index contributed by atoms with van der Waals surface area (Å²) in [6.45, 7) is 7.79. The number of hydrogen-bond acceptors (Lipinski definition) is 4. The highest BCUT2D eigenvalue weighted by atomic mass is 16.6. The van der Waals surface area contributed by atoms with Crippen molar-refractivity contribution in [1.29, 1.82) is 0 Å². The molecule has 0 saturated heterocycles. The smallest absolute Gasteiger partial charge is 0.328 e. The fraction of sp³-hybridized carbons (Fsp3) is 0.250. The molecule has 0 fully saturated rings. The molecule has 0 amide bonds. The molecule has 0 radical (unpaired) electrons. The lowest BCUT2D eigenvalue weighted by Crippen LogP contribution is -2.45. The standard InChI is InChI=1S/C24H26O4/c1-4-27-22(25)24(23(26)28-5-2,18-21-14-10-7-11-15-21)19(3)16-17-20-12-8-6-9-13-20/h6-17H,3-5,18H2,1-2H3/b17-16+. The van der Waals surface area contributed by atoms with E-state index in [4.69, 9.17) is 9.47 Å². The maximum atomic E-state index is 13.0. The van der Waals surface area contributed by atoms with E-state index in [0.29, 0.717) is 5.57 Å². The Morgan fingerprint density at radius 1 is 0.893 bits per heavy atom. The lowest BCUT2D eigenvalue weighted by atomic mass is 9.75. The van der Waals surface area contributed by atoms with Crippen LogP contribution in [0.5, 0.6) is 0 Å². The van der Waals surface area contributed by atoms with Crippen molar-refractivity contribution < 1.29 is 19.1 Å². The summed E-state index contributed by atoms with van der Waals surface area (Å²) in [5.41, 5.74) is 0.443. The van der Waals surface area contributed by atoms with Gasteiger partial charge in [-0.25, -0.2) is 0 Å². The lowest BCUT2D eigenvalue weighted by molar-refractivity contribution is -0.168. The summed E-state index contributed by atoms with van der Waals surface area (Å²) >= 11 is 0. The number of rotatable bonds is 9. The zero-order chi connectivity index (χ0) is 20.4. The predicted molar refractivity (Wildman–Crippen MR) is 110 cm³/mol. The van der Waals surface area contributed by atoms with Crippen molar-refractivity contribution in [3.63, 3.8) is 0 Å². The van der Waals surface area contributed by atoms with Gasteiger partial charge in [-0.3, -0.25) is 9.59 Å². The molecule has 0 atom stereocenters. The monoisotopic (exact) mass is 378 g/mol. The second kappa shape index (κ2) is 10.3.